The molecule has 4 rings (SSSR count). The molecule has 34 heavy (non-hydrogen) atoms. The van der Waals surface area contributed by atoms with Gasteiger partial charge < -0.3 is 14.2 Å². The van der Waals surface area contributed by atoms with E-state index in [1.165, 1.54) is 7.11 Å². The van der Waals surface area contributed by atoms with Gasteiger partial charge in [0.25, 0.3) is 5.91 Å². The summed E-state index contributed by atoms with van der Waals surface area (Å²) >= 11 is 0. The standard InChI is InChI=1S/C27H25NO6/c1-26(2,3)34-25(31)28-22-16-15-20(32-4)17-21(22)27(24(28)30,19-13-9-6-10-14-19)33-23(29)18-11-7-5-8-12-18/h5-17H,1-4H3/t27-/m0/s1. The second-order valence-corrected chi connectivity index (χ2v) is 8.81. The number of imide groups is 1. The fourth-order valence-electron chi connectivity index (χ4n) is 3.87. The van der Waals surface area contributed by atoms with Gasteiger partial charge in [0.05, 0.1) is 18.4 Å². The van der Waals surface area contributed by atoms with Crippen LogP contribution in [0, 0.1) is 0 Å². The number of anilines is 1. The number of nitrogens with zero attached hydrogens (tertiary/aromatic N) is 1. The molecule has 0 fully saturated rings. The molecule has 1 aliphatic rings. The average Bonchev–Trinajstić information content (AvgIpc) is 3.07. The Morgan fingerprint density at radius 2 is 1.50 bits per heavy atom. The predicted molar refractivity (Wildman–Crippen MR) is 126 cm³/mol. The molecule has 0 bridgehead atoms. The lowest BCUT2D eigenvalue weighted by molar-refractivity contribution is -0.133. The number of benzene rings is 3. The highest BCUT2D eigenvalue weighted by molar-refractivity contribution is 6.22. The van der Waals surface area contributed by atoms with Crippen molar-refractivity contribution in [1.82, 2.24) is 0 Å². The largest absolute Gasteiger partial charge is 0.497 e. The second kappa shape index (κ2) is 8.67. The van der Waals surface area contributed by atoms with Crippen molar-refractivity contribution in [2.24, 2.45) is 0 Å². The number of carbonyl (C=O) groups excluding carboxylic acids is 3. The van der Waals surface area contributed by atoms with Crippen molar-refractivity contribution in [2.75, 3.05) is 12.0 Å². The van der Waals surface area contributed by atoms with E-state index in [9.17, 15) is 14.4 Å². The summed E-state index contributed by atoms with van der Waals surface area (Å²) < 4.78 is 16.9. The molecule has 3 aromatic rings. The molecule has 3 aromatic carbocycles. The fraction of sp³-hybridized carbons (Fsp3) is 0.222. The first-order chi connectivity index (χ1) is 16.2. The summed E-state index contributed by atoms with van der Waals surface area (Å²) in [5.41, 5.74) is -1.55. The summed E-state index contributed by atoms with van der Waals surface area (Å²) in [6.45, 7) is 5.13. The van der Waals surface area contributed by atoms with E-state index in [1.54, 1.807) is 99.6 Å². The first-order valence-electron chi connectivity index (χ1n) is 10.8. The number of hydrogen-bond acceptors (Lipinski definition) is 6. The van der Waals surface area contributed by atoms with Crippen LogP contribution < -0.4 is 9.64 Å². The van der Waals surface area contributed by atoms with E-state index < -0.39 is 29.2 Å². The Morgan fingerprint density at radius 3 is 2.09 bits per heavy atom. The Bertz CT molecular complexity index is 1230. The number of methoxy groups -OCH3 is 1. The molecule has 1 heterocycles. The van der Waals surface area contributed by atoms with Gasteiger partial charge in [0.2, 0.25) is 5.60 Å². The average molecular weight is 459 g/mol. The molecule has 1 atom stereocenters. The van der Waals surface area contributed by atoms with Gasteiger partial charge in [-0.3, -0.25) is 4.79 Å². The van der Waals surface area contributed by atoms with Crippen LogP contribution in [0.2, 0.25) is 0 Å². The summed E-state index contributed by atoms with van der Waals surface area (Å²) in [6.07, 6.45) is -0.863. The van der Waals surface area contributed by atoms with Crippen LogP contribution >= 0.6 is 0 Å². The highest BCUT2D eigenvalue weighted by Crippen LogP contribution is 2.49. The first-order valence-corrected chi connectivity index (χ1v) is 10.8. The Morgan fingerprint density at radius 1 is 0.882 bits per heavy atom. The summed E-state index contributed by atoms with van der Waals surface area (Å²) in [5, 5.41) is 0. The number of hydrogen-bond donors (Lipinski definition) is 0. The monoisotopic (exact) mass is 459 g/mol. The van der Waals surface area contributed by atoms with Gasteiger partial charge in [0.1, 0.15) is 11.4 Å². The maximum atomic E-state index is 14.1. The van der Waals surface area contributed by atoms with E-state index in [0.29, 0.717) is 16.9 Å². The molecule has 174 valence electrons. The van der Waals surface area contributed by atoms with E-state index in [0.717, 1.165) is 4.90 Å². The molecule has 7 heteroatoms. The maximum Gasteiger partial charge on any atom is 0.421 e. The van der Waals surface area contributed by atoms with Crippen molar-refractivity contribution < 1.29 is 28.6 Å². The van der Waals surface area contributed by atoms with Crippen molar-refractivity contribution in [1.29, 1.82) is 0 Å². The molecule has 0 radical (unpaired) electrons. The van der Waals surface area contributed by atoms with Crippen LogP contribution in [0.15, 0.2) is 78.9 Å². The minimum absolute atomic E-state index is 0.254. The number of rotatable bonds is 4. The number of esters is 1. The molecule has 1 aliphatic heterocycles. The molecule has 0 unspecified atom stereocenters. The topological polar surface area (TPSA) is 82.1 Å². The van der Waals surface area contributed by atoms with E-state index in [-0.39, 0.29) is 11.3 Å². The first kappa shape index (κ1) is 23.0. The second-order valence-electron chi connectivity index (χ2n) is 8.81. The van der Waals surface area contributed by atoms with Crippen LogP contribution in [0.5, 0.6) is 5.75 Å². The van der Waals surface area contributed by atoms with Gasteiger partial charge in [0.15, 0.2) is 0 Å². The minimum atomic E-state index is -1.92. The summed E-state index contributed by atoms with van der Waals surface area (Å²) in [5.74, 6) is -1.02. The number of amides is 2. The van der Waals surface area contributed by atoms with Crippen LogP contribution in [0.4, 0.5) is 10.5 Å². The van der Waals surface area contributed by atoms with Crippen LogP contribution in [-0.4, -0.2) is 30.7 Å². The number of carbonyl (C=O) groups is 3. The lowest BCUT2D eigenvalue weighted by atomic mass is 9.87. The molecule has 0 aliphatic carbocycles. The third kappa shape index (κ3) is 4.01. The Kier molecular flexibility index (Phi) is 5.87. The van der Waals surface area contributed by atoms with Gasteiger partial charge >= 0.3 is 12.1 Å². The highest BCUT2D eigenvalue weighted by atomic mass is 16.6. The van der Waals surface area contributed by atoms with Crippen molar-refractivity contribution in [2.45, 2.75) is 32.0 Å². The smallest absolute Gasteiger partial charge is 0.421 e. The molecular weight excluding hydrogens is 434 g/mol. The van der Waals surface area contributed by atoms with Gasteiger partial charge in [-0.15, -0.1) is 0 Å². The third-order valence-corrected chi connectivity index (χ3v) is 5.34. The van der Waals surface area contributed by atoms with Crippen LogP contribution in [0.3, 0.4) is 0 Å². The van der Waals surface area contributed by atoms with Crippen molar-refractivity contribution in [3.8, 4) is 5.75 Å². The van der Waals surface area contributed by atoms with Crippen LogP contribution in [0.1, 0.15) is 42.3 Å². The minimum Gasteiger partial charge on any atom is -0.497 e. The molecule has 0 saturated carbocycles. The Labute approximate surface area is 197 Å². The van der Waals surface area contributed by atoms with E-state index >= 15 is 0 Å². The van der Waals surface area contributed by atoms with Gasteiger partial charge in [0, 0.05) is 11.1 Å². The normalized spacial score (nSPS) is 17.2. The van der Waals surface area contributed by atoms with E-state index in [4.69, 9.17) is 14.2 Å². The van der Waals surface area contributed by atoms with Crippen LogP contribution in [0.25, 0.3) is 0 Å². The van der Waals surface area contributed by atoms with Crippen molar-refractivity contribution >= 4 is 23.7 Å². The zero-order valence-electron chi connectivity index (χ0n) is 19.4. The number of fused-ring (bicyclic) bond motifs is 1. The molecule has 0 aromatic heterocycles. The highest BCUT2D eigenvalue weighted by Gasteiger charge is 2.58. The van der Waals surface area contributed by atoms with E-state index in [1.807, 2.05) is 0 Å². The predicted octanol–water partition coefficient (Wildman–Crippen LogP) is 5.08. The zero-order valence-corrected chi connectivity index (χ0v) is 19.4. The summed E-state index contributed by atoms with van der Waals surface area (Å²) in [6, 6.07) is 21.8. The third-order valence-electron chi connectivity index (χ3n) is 5.34. The lowest BCUT2D eigenvalue weighted by Gasteiger charge is -2.29. The fourth-order valence-corrected chi connectivity index (χ4v) is 3.87. The van der Waals surface area contributed by atoms with Gasteiger partial charge in [-0.05, 0) is 51.1 Å². The quantitative estimate of drug-likeness (QED) is 0.506. The summed E-state index contributed by atoms with van der Waals surface area (Å²) in [7, 11) is 1.49. The van der Waals surface area contributed by atoms with Crippen LogP contribution in [-0.2, 0) is 19.9 Å². The van der Waals surface area contributed by atoms with Gasteiger partial charge in [-0.2, -0.15) is 0 Å². The lowest BCUT2D eigenvalue weighted by Crippen LogP contribution is -2.48. The molecule has 2 amide bonds. The zero-order chi connectivity index (χ0) is 24.5. The summed E-state index contributed by atoms with van der Waals surface area (Å²) in [4.78, 5) is 41.4. The molecular formula is C27H25NO6. The Hall–Kier alpha value is -4.13. The van der Waals surface area contributed by atoms with E-state index in [2.05, 4.69) is 0 Å². The number of ether oxygens (including phenoxy) is 3. The van der Waals surface area contributed by atoms with Gasteiger partial charge in [-0.25, -0.2) is 14.5 Å². The van der Waals surface area contributed by atoms with Crippen molar-refractivity contribution in [3.63, 3.8) is 0 Å². The van der Waals surface area contributed by atoms with Crippen molar-refractivity contribution in [3.05, 3.63) is 95.6 Å². The molecule has 7 nitrogen and oxygen atoms in total. The molecule has 0 saturated heterocycles. The SMILES string of the molecule is COc1ccc2c(c1)[C@@](OC(=O)c1ccccc1)(c1ccccc1)C(=O)N2C(=O)OC(C)(C)C. The molecule has 0 N–H and O–H groups in total. The van der Waals surface area contributed by atoms with Gasteiger partial charge in [-0.1, -0.05) is 48.5 Å². The maximum absolute atomic E-state index is 14.1. The Balaban J connectivity index is 1.94. The molecule has 0 spiro atoms.